The van der Waals surface area contributed by atoms with Gasteiger partial charge in [-0.1, -0.05) is 34.6 Å². The van der Waals surface area contributed by atoms with Gasteiger partial charge in [0.15, 0.2) is 0 Å². The predicted octanol–water partition coefficient (Wildman–Crippen LogP) is 2.37. The van der Waals surface area contributed by atoms with E-state index in [1.807, 2.05) is 0 Å². The maximum atomic E-state index is 5.64. The van der Waals surface area contributed by atoms with Gasteiger partial charge in [0.2, 0.25) is 0 Å². The summed E-state index contributed by atoms with van der Waals surface area (Å²) in [5, 5.41) is 3.44. The van der Waals surface area contributed by atoms with Crippen LogP contribution in [0.3, 0.4) is 0 Å². The molecule has 0 aromatic heterocycles. The molecule has 0 saturated heterocycles. The number of nitrogens with one attached hydrogen (secondary N) is 1. The molecule has 0 aliphatic carbocycles. The van der Waals surface area contributed by atoms with Gasteiger partial charge in [-0.05, 0) is 18.9 Å². The Morgan fingerprint density at radius 3 is 2.29 bits per heavy atom. The minimum atomic E-state index is 0.580. The zero-order valence-electron chi connectivity index (χ0n) is 12.5. The Kier molecular flexibility index (Phi) is 10.9. The Bertz CT molecular complexity index is 160. The number of ether oxygens (including phenoxy) is 1. The van der Waals surface area contributed by atoms with Crippen molar-refractivity contribution in [1.82, 2.24) is 10.2 Å². The molecule has 0 radical (unpaired) electrons. The Morgan fingerprint density at radius 1 is 1.06 bits per heavy atom. The highest BCUT2D eigenvalue weighted by Gasteiger charge is 2.02. The Balaban J connectivity index is 3.41. The van der Waals surface area contributed by atoms with Crippen LogP contribution in [-0.4, -0.2) is 50.3 Å². The average Bonchev–Trinajstić information content (AvgIpc) is 2.25. The van der Waals surface area contributed by atoms with E-state index >= 15 is 0 Å². The molecule has 0 aromatic rings. The van der Waals surface area contributed by atoms with E-state index in [2.05, 4.69) is 44.8 Å². The molecule has 0 aliphatic heterocycles. The molecule has 104 valence electrons. The molecule has 0 unspecified atom stereocenters. The van der Waals surface area contributed by atoms with Gasteiger partial charge < -0.3 is 15.0 Å². The fraction of sp³-hybridized carbons (Fsp3) is 1.00. The molecule has 0 saturated carbocycles. The molecule has 1 N–H and O–H groups in total. The smallest absolute Gasteiger partial charge is 0.0593 e. The molecule has 0 heterocycles. The molecular weight excluding hydrogens is 212 g/mol. The SMILES string of the molecule is CCN(CCNC(C)C)CCOCCC(C)C. The van der Waals surface area contributed by atoms with Gasteiger partial charge in [-0.2, -0.15) is 0 Å². The molecule has 0 rings (SSSR count). The van der Waals surface area contributed by atoms with E-state index in [9.17, 15) is 0 Å². The average molecular weight is 244 g/mol. The van der Waals surface area contributed by atoms with Crippen molar-refractivity contribution in [3.05, 3.63) is 0 Å². The van der Waals surface area contributed by atoms with Crippen LogP contribution in [0.15, 0.2) is 0 Å². The van der Waals surface area contributed by atoms with Crippen LogP contribution in [0.1, 0.15) is 41.0 Å². The van der Waals surface area contributed by atoms with E-state index in [-0.39, 0.29) is 0 Å². The second-order valence-electron chi connectivity index (χ2n) is 5.34. The maximum absolute atomic E-state index is 5.64. The van der Waals surface area contributed by atoms with Crippen molar-refractivity contribution in [2.24, 2.45) is 5.92 Å². The molecule has 0 aromatic carbocycles. The number of nitrogens with zero attached hydrogens (tertiary/aromatic N) is 1. The normalized spacial score (nSPS) is 12.0. The van der Waals surface area contributed by atoms with Crippen LogP contribution >= 0.6 is 0 Å². The fourth-order valence-electron chi connectivity index (χ4n) is 1.55. The second-order valence-corrected chi connectivity index (χ2v) is 5.34. The van der Waals surface area contributed by atoms with E-state index in [0.29, 0.717) is 6.04 Å². The summed E-state index contributed by atoms with van der Waals surface area (Å²) >= 11 is 0. The van der Waals surface area contributed by atoms with Gasteiger partial charge in [0.1, 0.15) is 0 Å². The Morgan fingerprint density at radius 2 is 1.76 bits per heavy atom. The molecule has 17 heavy (non-hydrogen) atoms. The third-order valence-corrected chi connectivity index (χ3v) is 2.82. The minimum absolute atomic E-state index is 0.580. The van der Waals surface area contributed by atoms with E-state index in [1.54, 1.807) is 0 Å². The first-order valence-corrected chi connectivity index (χ1v) is 7.09. The molecule has 3 nitrogen and oxygen atoms in total. The van der Waals surface area contributed by atoms with Crippen LogP contribution in [0.2, 0.25) is 0 Å². The monoisotopic (exact) mass is 244 g/mol. The zero-order valence-corrected chi connectivity index (χ0v) is 12.5. The zero-order chi connectivity index (χ0) is 13.1. The number of hydrogen-bond acceptors (Lipinski definition) is 3. The van der Waals surface area contributed by atoms with E-state index < -0.39 is 0 Å². The molecule has 0 aliphatic rings. The highest BCUT2D eigenvalue weighted by molar-refractivity contribution is 4.59. The van der Waals surface area contributed by atoms with Crippen LogP contribution in [0.5, 0.6) is 0 Å². The summed E-state index contributed by atoms with van der Waals surface area (Å²) < 4.78 is 5.64. The van der Waals surface area contributed by atoms with Crippen LogP contribution in [-0.2, 0) is 4.74 Å². The number of hydrogen-bond donors (Lipinski definition) is 1. The maximum Gasteiger partial charge on any atom is 0.0593 e. The Hall–Kier alpha value is -0.120. The van der Waals surface area contributed by atoms with Crippen LogP contribution in [0, 0.1) is 5.92 Å². The first-order chi connectivity index (χ1) is 8.06. The Labute approximate surface area is 108 Å². The lowest BCUT2D eigenvalue weighted by atomic mass is 10.1. The van der Waals surface area contributed by atoms with Crippen LogP contribution in [0.4, 0.5) is 0 Å². The van der Waals surface area contributed by atoms with Gasteiger partial charge in [-0.25, -0.2) is 0 Å². The predicted molar refractivity (Wildman–Crippen MR) is 75.5 cm³/mol. The first-order valence-electron chi connectivity index (χ1n) is 7.09. The van der Waals surface area contributed by atoms with Crippen molar-refractivity contribution >= 4 is 0 Å². The fourth-order valence-corrected chi connectivity index (χ4v) is 1.55. The van der Waals surface area contributed by atoms with E-state index in [0.717, 1.165) is 45.3 Å². The van der Waals surface area contributed by atoms with Gasteiger partial charge in [0.05, 0.1) is 6.61 Å². The van der Waals surface area contributed by atoms with Crippen molar-refractivity contribution in [2.75, 3.05) is 39.4 Å². The minimum Gasteiger partial charge on any atom is -0.380 e. The number of rotatable bonds is 11. The van der Waals surface area contributed by atoms with Crippen LogP contribution < -0.4 is 5.32 Å². The van der Waals surface area contributed by atoms with Crippen molar-refractivity contribution in [3.63, 3.8) is 0 Å². The van der Waals surface area contributed by atoms with Gasteiger partial charge in [-0.15, -0.1) is 0 Å². The van der Waals surface area contributed by atoms with Gasteiger partial charge in [0, 0.05) is 32.3 Å². The molecule has 0 spiro atoms. The quantitative estimate of drug-likeness (QED) is 0.565. The lowest BCUT2D eigenvalue weighted by molar-refractivity contribution is 0.0976. The van der Waals surface area contributed by atoms with Gasteiger partial charge in [-0.3, -0.25) is 0 Å². The van der Waals surface area contributed by atoms with Crippen LogP contribution in [0.25, 0.3) is 0 Å². The standard InChI is InChI=1S/C14H32N2O/c1-6-16(9-8-15-14(4)5)10-12-17-11-7-13(2)3/h13-15H,6-12H2,1-5H3. The second kappa shape index (κ2) is 11.0. The molecule has 3 heteroatoms. The summed E-state index contributed by atoms with van der Waals surface area (Å²) in [6.45, 7) is 17.2. The largest absolute Gasteiger partial charge is 0.380 e. The lowest BCUT2D eigenvalue weighted by Crippen LogP contribution is -2.36. The molecular formula is C14H32N2O. The molecule has 0 fully saturated rings. The molecule has 0 bridgehead atoms. The third kappa shape index (κ3) is 12.1. The summed E-state index contributed by atoms with van der Waals surface area (Å²) in [6, 6.07) is 0.580. The van der Waals surface area contributed by atoms with E-state index in [4.69, 9.17) is 4.74 Å². The van der Waals surface area contributed by atoms with Crippen molar-refractivity contribution in [3.8, 4) is 0 Å². The summed E-state index contributed by atoms with van der Waals surface area (Å²) in [4.78, 5) is 2.44. The highest BCUT2D eigenvalue weighted by atomic mass is 16.5. The van der Waals surface area contributed by atoms with Gasteiger partial charge >= 0.3 is 0 Å². The summed E-state index contributed by atoms with van der Waals surface area (Å²) in [7, 11) is 0. The topological polar surface area (TPSA) is 24.5 Å². The third-order valence-electron chi connectivity index (χ3n) is 2.82. The van der Waals surface area contributed by atoms with E-state index in [1.165, 1.54) is 6.42 Å². The first kappa shape index (κ1) is 16.9. The lowest BCUT2D eigenvalue weighted by Gasteiger charge is -2.21. The highest BCUT2D eigenvalue weighted by Crippen LogP contribution is 1.98. The summed E-state index contributed by atoms with van der Waals surface area (Å²) in [5.74, 6) is 0.743. The molecule has 0 amide bonds. The van der Waals surface area contributed by atoms with Crippen molar-refractivity contribution < 1.29 is 4.74 Å². The summed E-state index contributed by atoms with van der Waals surface area (Å²) in [6.07, 6.45) is 1.17. The van der Waals surface area contributed by atoms with Gasteiger partial charge in [0.25, 0.3) is 0 Å². The molecule has 0 atom stereocenters. The van der Waals surface area contributed by atoms with Crippen molar-refractivity contribution in [1.29, 1.82) is 0 Å². The number of likely N-dealkylation sites (N-methyl/N-ethyl adjacent to an activating group) is 1. The summed E-state index contributed by atoms with van der Waals surface area (Å²) in [5.41, 5.74) is 0. The van der Waals surface area contributed by atoms with Crippen molar-refractivity contribution in [2.45, 2.75) is 47.1 Å².